The molecule has 1 amide bonds. The van der Waals surface area contributed by atoms with Crippen molar-refractivity contribution in [2.45, 2.75) is 46.1 Å². The molecule has 0 unspecified atom stereocenters. The molecule has 1 fully saturated rings. The second-order valence-electron chi connectivity index (χ2n) is 6.13. The molecule has 0 bridgehead atoms. The zero-order valence-corrected chi connectivity index (χ0v) is 12.8. The smallest absolute Gasteiger partial charge is 0.311 e. The molecule has 1 aromatic rings. The number of carboxylic acids is 1. The predicted molar refractivity (Wildman–Crippen MR) is 80.1 cm³/mol. The van der Waals surface area contributed by atoms with Gasteiger partial charge in [-0.2, -0.15) is 0 Å². The monoisotopic (exact) mass is 292 g/mol. The largest absolute Gasteiger partial charge is 0.481 e. The van der Waals surface area contributed by atoms with E-state index < -0.39 is 11.4 Å². The molecule has 0 aromatic carbocycles. The molecule has 0 spiro atoms. The average Bonchev–Trinajstić information content (AvgIpc) is 2.95. The third-order valence-electron chi connectivity index (χ3n) is 4.68. The van der Waals surface area contributed by atoms with Gasteiger partial charge in [0.2, 0.25) is 0 Å². The van der Waals surface area contributed by atoms with Crippen LogP contribution in [0.2, 0.25) is 0 Å². The fourth-order valence-electron chi connectivity index (χ4n) is 3.02. The quantitative estimate of drug-likeness (QED) is 0.876. The number of amides is 1. The number of nitrogens with one attached hydrogen (secondary N) is 1. The number of aliphatic carboxylic acids is 1. The Morgan fingerprint density at radius 3 is 2.67 bits per heavy atom. The Kier molecular flexibility index (Phi) is 4.70. The van der Waals surface area contributed by atoms with E-state index in [0.717, 1.165) is 19.4 Å². The number of aryl methyl sites for hydroxylation is 1. The normalized spacial score (nSPS) is 25.5. The molecular formula is C16H24N2O3. The van der Waals surface area contributed by atoms with Crippen molar-refractivity contribution in [1.29, 1.82) is 0 Å². The van der Waals surface area contributed by atoms with Crippen LogP contribution in [0.1, 0.15) is 50.0 Å². The molecule has 1 aliphatic rings. The summed E-state index contributed by atoms with van der Waals surface area (Å²) >= 11 is 0. The molecule has 5 heteroatoms. The Morgan fingerprint density at radius 1 is 1.43 bits per heavy atom. The topological polar surface area (TPSA) is 71.3 Å². The van der Waals surface area contributed by atoms with Gasteiger partial charge in [0.05, 0.1) is 5.41 Å². The van der Waals surface area contributed by atoms with Crippen LogP contribution in [0, 0.1) is 11.3 Å². The van der Waals surface area contributed by atoms with Crippen molar-refractivity contribution in [3.63, 3.8) is 0 Å². The van der Waals surface area contributed by atoms with Gasteiger partial charge in [-0.1, -0.05) is 6.92 Å². The van der Waals surface area contributed by atoms with Gasteiger partial charge < -0.3 is 15.0 Å². The summed E-state index contributed by atoms with van der Waals surface area (Å²) in [5.41, 5.74) is -0.214. The van der Waals surface area contributed by atoms with E-state index in [1.807, 2.05) is 23.8 Å². The van der Waals surface area contributed by atoms with Crippen LogP contribution < -0.4 is 5.32 Å². The van der Waals surface area contributed by atoms with Crippen molar-refractivity contribution in [1.82, 2.24) is 9.88 Å². The number of hydrogen-bond donors (Lipinski definition) is 2. The van der Waals surface area contributed by atoms with Gasteiger partial charge in [-0.05, 0) is 50.7 Å². The fourth-order valence-corrected chi connectivity index (χ4v) is 3.02. The first-order chi connectivity index (χ1) is 9.98. The molecule has 1 aromatic heterocycles. The van der Waals surface area contributed by atoms with Gasteiger partial charge in [0.1, 0.15) is 5.69 Å². The minimum absolute atomic E-state index is 0.193. The SMILES string of the molecule is CCn1cccc1C(=O)NCC1(C(=O)O)CCC(C)CC1. The van der Waals surface area contributed by atoms with E-state index >= 15 is 0 Å². The number of carbonyl (C=O) groups is 2. The highest BCUT2D eigenvalue weighted by Gasteiger charge is 2.41. The number of aromatic nitrogens is 1. The second-order valence-corrected chi connectivity index (χ2v) is 6.13. The Morgan fingerprint density at radius 2 is 2.10 bits per heavy atom. The van der Waals surface area contributed by atoms with E-state index in [2.05, 4.69) is 12.2 Å². The van der Waals surface area contributed by atoms with Crippen LogP contribution in [0.4, 0.5) is 0 Å². The van der Waals surface area contributed by atoms with E-state index in [1.165, 1.54) is 0 Å². The lowest BCUT2D eigenvalue weighted by Crippen LogP contribution is -2.45. The van der Waals surface area contributed by atoms with Gasteiger partial charge in [-0.3, -0.25) is 9.59 Å². The highest BCUT2D eigenvalue weighted by molar-refractivity contribution is 5.93. The summed E-state index contributed by atoms with van der Waals surface area (Å²) in [6.45, 7) is 5.05. The van der Waals surface area contributed by atoms with Gasteiger partial charge in [0.25, 0.3) is 5.91 Å². The second kappa shape index (κ2) is 6.33. The average molecular weight is 292 g/mol. The van der Waals surface area contributed by atoms with Crippen LogP contribution in [0.15, 0.2) is 18.3 Å². The van der Waals surface area contributed by atoms with Crippen LogP contribution in [-0.2, 0) is 11.3 Å². The van der Waals surface area contributed by atoms with Gasteiger partial charge in [0, 0.05) is 19.3 Å². The molecule has 0 saturated heterocycles. The van der Waals surface area contributed by atoms with E-state index in [0.29, 0.717) is 24.5 Å². The van der Waals surface area contributed by atoms with E-state index in [-0.39, 0.29) is 12.5 Å². The lowest BCUT2D eigenvalue weighted by Gasteiger charge is -2.35. The molecule has 1 heterocycles. The van der Waals surface area contributed by atoms with E-state index in [4.69, 9.17) is 0 Å². The minimum atomic E-state index is -0.800. The van der Waals surface area contributed by atoms with Crippen molar-refractivity contribution in [3.8, 4) is 0 Å². The molecule has 5 nitrogen and oxygen atoms in total. The lowest BCUT2D eigenvalue weighted by molar-refractivity contribution is -0.151. The van der Waals surface area contributed by atoms with Gasteiger partial charge in [-0.15, -0.1) is 0 Å². The zero-order valence-electron chi connectivity index (χ0n) is 12.8. The number of nitrogens with zero attached hydrogens (tertiary/aromatic N) is 1. The van der Waals surface area contributed by atoms with Crippen LogP contribution in [0.25, 0.3) is 0 Å². The highest BCUT2D eigenvalue weighted by Crippen LogP contribution is 2.38. The van der Waals surface area contributed by atoms with Gasteiger partial charge in [0.15, 0.2) is 0 Å². The summed E-state index contributed by atoms with van der Waals surface area (Å²) in [5, 5.41) is 12.4. The van der Waals surface area contributed by atoms with Gasteiger partial charge in [-0.25, -0.2) is 0 Å². The number of rotatable bonds is 5. The minimum Gasteiger partial charge on any atom is -0.481 e. The molecule has 21 heavy (non-hydrogen) atoms. The fraction of sp³-hybridized carbons (Fsp3) is 0.625. The number of carboxylic acid groups (broad SMARTS) is 1. The first kappa shape index (κ1) is 15.6. The first-order valence-electron chi connectivity index (χ1n) is 7.65. The summed E-state index contributed by atoms with van der Waals surface area (Å²) in [4.78, 5) is 23.9. The van der Waals surface area contributed by atoms with Crippen LogP contribution in [0.5, 0.6) is 0 Å². The van der Waals surface area contributed by atoms with E-state index in [9.17, 15) is 14.7 Å². The van der Waals surface area contributed by atoms with Crippen LogP contribution in [-0.4, -0.2) is 28.1 Å². The highest BCUT2D eigenvalue weighted by atomic mass is 16.4. The maximum absolute atomic E-state index is 12.2. The molecule has 116 valence electrons. The van der Waals surface area contributed by atoms with Crippen LogP contribution in [0.3, 0.4) is 0 Å². The maximum Gasteiger partial charge on any atom is 0.311 e. The molecule has 1 aliphatic carbocycles. The number of hydrogen-bond acceptors (Lipinski definition) is 2. The van der Waals surface area contributed by atoms with Crippen LogP contribution >= 0.6 is 0 Å². The van der Waals surface area contributed by atoms with Crippen molar-refractivity contribution in [3.05, 3.63) is 24.0 Å². The summed E-state index contributed by atoms with van der Waals surface area (Å²) in [7, 11) is 0. The summed E-state index contributed by atoms with van der Waals surface area (Å²) in [5.74, 6) is -0.410. The van der Waals surface area contributed by atoms with Crippen molar-refractivity contribution >= 4 is 11.9 Å². The molecule has 0 radical (unpaired) electrons. The first-order valence-corrected chi connectivity index (χ1v) is 7.65. The standard InChI is InChI=1S/C16H24N2O3/c1-3-18-10-4-5-13(18)14(19)17-11-16(15(20)21)8-6-12(2)7-9-16/h4-5,10,12H,3,6-9,11H2,1-2H3,(H,17,19)(H,20,21). The third-order valence-corrected chi connectivity index (χ3v) is 4.68. The molecule has 2 rings (SSSR count). The molecular weight excluding hydrogens is 268 g/mol. The van der Waals surface area contributed by atoms with E-state index in [1.54, 1.807) is 6.07 Å². The Bertz CT molecular complexity index is 513. The Hall–Kier alpha value is -1.78. The molecule has 1 saturated carbocycles. The third kappa shape index (κ3) is 3.28. The molecule has 0 atom stereocenters. The maximum atomic E-state index is 12.2. The molecule has 0 aliphatic heterocycles. The summed E-state index contributed by atoms with van der Waals surface area (Å²) in [6, 6.07) is 3.59. The van der Waals surface area contributed by atoms with Crippen molar-refractivity contribution < 1.29 is 14.7 Å². The Balaban J connectivity index is 2.02. The summed E-state index contributed by atoms with van der Waals surface area (Å²) < 4.78 is 1.85. The van der Waals surface area contributed by atoms with Gasteiger partial charge >= 0.3 is 5.97 Å². The zero-order chi connectivity index (χ0) is 15.5. The Labute approximate surface area is 125 Å². The molecule has 2 N–H and O–H groups in total. The van der Waals surface area contributed by atoms with Crippen molar-refractivity contribution in [2.24, 2.45) is 11.3 Å². The lowest BCUT2D eigenvalue weighted by atomic mass is 9.71. The summed E-state index contributed by atoms with van der Waals surface area (Å²) in [6.07, 6.45) is 4.95. The number of carbonyl (C=O) groups excluding carboxylic acids is 1. The predicted octanol–water partition coefficient (Wildman–Crippen LogP) is 2.52. The van der Waals surface area contributed by atoms with Crippen molar-refractivity contribution in [2.75, 3.05) is 6.54 Å².